The Kier molecular flexibility index (Phi) is 4.50. The summed E-state index contributed by atoms with van der Waals surface area (Å²) in [7, 11) is 0. The number of rotatable bonds is 4. The quantitative estimate of drug-likeness (QED) is 0.879. The van der Waals surface area contributed by atoms with Gasteiger partial charge in [0.15, 0.2) is 0 Å². The molecular weight excluding hydrogens is 222 g/mol. The first-order valence-electron chi connectivity index (χ1n) is 5.31. The van der Waals surface area contributed by atoms with Gasteiger partial charge in [0, 0.05) is 6.54 Å². The number of hydrogen-bond donors (Lipinski definition) is 1. The smallest absolute Gasteiger partial charge is 0.246 e. The first kappa shape index (κ1) is 13.2. The molecule has 0 atom stereocenters. The summed E-state index contributed by atoms with van der Waals surface area (Å²) >= 11 is 1.65. The Morgan fingerprint density at radius 2 is 2.12 bits per heavy atom. The maximum absolute atomic E-state index is 11.5. The molecule has 0 fully saturated rings. The number of thiophene rings is 1. The van der Waals surface area contributed by atoms with E-state index in [1.165, 1.54) is 11.1 Å². The molecule has 0 saturated carbocycles. The zero-order valence-corrected chi connectivity index (χ0v) is 11.1. The van der Waals surface area contributed by atoms with Crippen LogP contribution in [-0.2, 0) is 16.1 Å². The molecule has 0 aromatic carbocycles. The molecule has 1 aromatic heterocycles. The molecule has 3 nitrogen and oxygen atoms in total. The Bertz CT molecular complexity index is 352. The number of hydrogen-bond acceptors (Lipinski definition) is 3. The standard InChI is InChI=1S/C12H19NO2S/c1-9-7-16-8-10(9)5-13-11(14)6-15-12(2,3)4/h7-8H,5-6H2,1-4H3,(H,13,14). The lowest BCUT2D eigenvalue weighted by molar-refractivity contribution is -0.130. The predicted molar refractivity (Wildman–Crippen MR) is 66.6 cm³/mol. The lowest BCUT2D eigenvalue weighted by Gasteiger charge is -2.18. The second-order valence-electron chi connectivity index (χ2n) is 4.76. The predicted octanol–water partition coefficient (Wildman–Crippen LogP) is 2.49. The zero-order chi connectivity index (χ0) is 12.2. The lowest BCUT2D eigenvalue weighted by atomic mass is 10.2. The van der Waals surface area contributed by atoms with Gasteiger partial charge in [-0.3, -0.25) is 4.79 Å². The summed E-state index contributed by atoms with van der Waals surface area (Å²) in [6.45, 7) is 8.55. The van der Waals surface area contributed by atoms with E-state index in [4.69, 9.17) is 4.74 Å². The molecule has 1 heterocycles. The van der Waals surface area contributed by atoms with E-state index in [9.17, 15) is 4.79 Å². The van der Waals surface area contributed by atoms with Gasteiger partial charge >= 0.3 is 0 Å². The largest absolute Gasteiger partial charge is 0.366 e. The minimum absolute atomic E-state index is 0.0690. The van der Waals surface area contributed by atoms with Gasteiger partial charge in [0.1, 0.15) is 6.61 Å². The maximum atomic E-state index is 11.5. The molecule has 0 aliphatic carbocycles. The highest BCUT2D eigenvalue weighted by atomic mass is 32.1. The van der Waals surface area contributed by atoms with Crippen LogP contribution in [0.5, 0.6) is 0 Å². The third kappa shape index (κ3) is 4.77. The molecule has 0 aliphatic rings. The van der Waals surface area contributed by atoms with Gasteiger partial charge in [-0.05, 0) is 49.6 Å². The number of ether oxygens (including phenoxy) is 1. The summed E-state index contributed by atoms with van der Waals surface area (Å²) in [6, 6.07) is 0. The van der Waals surface area contributed by atoms with Crippen LogP contribution in [0, 0.1) is 6.92 Å². The van der Waals surface area contributed by atoms with E-state index in [0.717, 1.165) is 0 Å². The molecule has 1 N–H and O–H groups in total. The first-order chi connectivity index (χ1) is 7.38. The third-order valence-electron chi connectivity index (χ3n) is 2.07. The van der Waals surface area contributed by atoms with Gasteiger partial charge in [0.05, 0.1) is 5.60 Å². The van der Waals surface area contributed by atoms with Crippen molar-refractivity contribution in [1.29, 1.82) is 0 Å². The second kappa shape index (κ2) is 5.46. The molecular formula is C12H19NO2S. The van der Waals surface area contributed by atoms with E-state index in [-0.39, 0.29) is 18.1 Å². The van der Waals surface area contributed by atoms with Crippen LogP contribution in [0.4, 0.5) is 0 Å². The average Bonchev–Trinajstić information content (AvgIpc) is 2.57. The third-order valence-corrected chi connectivity index (χ3v) is 2.98. The van der Waals surface area contributed by atoms with Crippen LogP contribution in [0.3, 0.4) is 0 Å². The van der Waals surface area contributed by atoms with Gasteiger partial charge in [0.2, 0.25) is 5.91 Å². The van der Waals surface area contributed by atoms with Crippen LogP contribution in [0.25, 0.3) is 0 Å². The topological polar surface area (TPSA) is 38.3 Å². The fourth-order valence-electron chi connectivity index (χ4n) is 1.09. The Morgan fingerprint density at radius 3 is 2.62 bits per heavy atom. The molecule has 90 valence electrons. The Hall–Kier alpha value is -0.870. The molecule has 4 heteroatoms. The number of aryl methyl sites for hydroxylation is 1. The lowest BCUT2D eigenvalue weighted by Crippen LogP contribution is -2.31. The SMILES string of the molecule is Cc1cscc1CNC(=O)COC(C)(C)C. The number of carbonyl (C=O) groups is 1. The first-order valence-corrected chi connectivity index (χ1v) is 6.25. The van der Waals surface area contributed by atoms with Crippen LogP contribution in [0.1, 0.15) is 31.9 Å². The maximum Gasteiger partial charge on any atom is 0.246 e. The fraction of sp³-hybridized carbons (Fsp3) is 0.583. The van der Waals surface area contributed by atoms with E-state index in [2.05, 4.69) is 16.1 Å². The molecule has 0 aliphatic heterocycles. The van der Waals surface area contributed by atoms with Crippen molar-refractivity contribution in [3.63, 3.8) is 0 Å². The van der Waals surface area contributed by atoms with Gasteiger partial charge in [-0.2, -0.15) is 11.3 Å². The van der Waals surface area contributed by atoms with Crippen molar-refractivity contribution in [2.24, 2.45) is 0 Å². The van der Waals surface area contributed by atoms with E-state index >= 15 is 0 Å². The van der Waals surface area contributed by atoms with Crippen LogP contribution < -0.4 is 5.32 Å². The van der Waals surface area contributed by atoms with Crippen molar-refractivity contribution < 1.29 is 9.53 Å². The van der Waals surface area contributed by atoms with Crippen LogP contribution in [0.2, 0.25) is 0 Å². The Labute approximate surface area is 101 Å². The zero-order valence-electron chi connectivity index (χ0n) is 10.3. The van der Waals surface area contributed by atoms with E-state index in [0.29, 0.717) is 6.54 Å². The highest BCUT2D eigenvalue weighted by Gasteiger charge is 2.12. The molecule has 16 heavy (non-hydrogen) atoms. The highest BCUT2D eigenvalue weighted by molar-refractivity contribution is 7.08. The van der Waals surface area contributed by atoms with Crippen LogP contribution >= 0.6 is 11.3 Å². The van der Waals surface area contributed by atoms with E-state index in [1.807, 2.05) is 27.7 Å². The highest BCUT2D eigenvalue weighted by Crippen LogP contribution is 2.13. The number of nitrogens with one attached hydrogen (secondary N) is 1. The molecule has 1 amide bonds. The van der Waals surface area contributed by atoms with Crippen molar-refractivity contribution in [3.05, 3.63) is 21.9 Å². The number of amides is 1. The summed E-state index contributed by atoms with van der Waals surface area (Å²) < 4.78 is 5.38. The van der Waals surface area contributed by atoms with Crippen molar-refractivity contribution >= 4 is 17.2 Å². The fourth-order valence-corrected chi connectivity index (χ4v) is 1.95. The van der Waals surface area contributed by atoms with Gasteiger partial charge in [0.25, 0.3) is 0 Å². The average molecular weight is 241 g/mol. The van der Waals surface area contributed by atoms with Crippen LogP contribution in [-0.4, -0.2) is 18.1 Å². The van der Waals surface area contributed by atoms with Gasteiger partial charge in [-0.25, -0.2) is 0 Å². The Morgan fingerprint density at radius 1 is 1.44 bits per heavy atom. The number of carbonyl (C=O) groups excluding carboxylic acids is 1. The minimum Gasteiger partial charge on any atom is -0.366 e. The molecule has 0 unspecified atom stereocenters. The molecule has 0 spiro atoms. The molecule has 0 bridgehead atoms. The van der Waals surface area contributed by atoms with Crippen molar-refractivity contribution in [1.82, 2.24) is 5.32 Å². The van der Waals surface area contributed by atoms with E-state index in [1.54, 1.807) is 11.3 Å². The molecule has 0 saturated heterocycles. The van der Waals surface area contributed by atoms with Gasteiger partial charge < -0.3 is 10.1 Å². The van der Waals surface area contributed by atoms with Gasteiger partial charge in [-0.15, -0.1) is 0 Å². The summed E-state index contributed by atoms with van der Waals surface area (Å²) in [5, 5.41) is 6.97. The summed E-state index contributed by atoms with van der Waals surface area (Å²) in [5.74, 6) is -0.0690. The molecule has 1 aromatic rings. The summed E-state index contributed by atoms with van der Waals surface area (Å²) in [6.07, 6.45) is 0. The van der Waals surface area contributed by atoms with Crippen LogP contribution in [0.15, 0.2) is 10.8 Å². The molecule has 0 radical (unpaired) electrons. The van der Waals surface area contributed by atoms with Gasteiger partial charge in [-0.1, -0.05) is 0 Å². The summed E-state index contributed by atoms with van der Waals surface area (Å²) in [4.78, 5) is 11.5. The Balaban J connectivity index is 2.29. The van der Waals surface area contributed by atoms with Crippen molar-refractivity contribution in [3.8, 4) is 0 Å². The van der Waals surface area contributed by atoms with Crippen molar-refractivity contribution in [2.45, 2.75) is 39.8 Å². The summed E-state index contributed by atoms with van der Waals surface area (Å²) in [5.41, 5.74) is 2.13. The second-order valence-corrected chi connectivity index (χ2v) is 5.50. The van der Waals surface area contributed by atoms with E-state index < -0.39 is 0 Å². The monoisotopic (exact) mass is 241 g/mol. The van der Waals surface area contributed by atoms with Crippen molar-refractivity contribution in [2.75, 3.05) is 6.61 Å². The molecule has 1 rings (SSSR count). The minimum atomic E-state index is -0.268. The normalized spacial score (nSPS) is 11.5.